The maximum absolute atomic E-state index is 12.5. The third kappa shape index (κ3) is 2.87. The zero-order valence-corrected chi connectivity index (χ0v) is 11.2. The van der Waals surface area contributed by atoms with Gasteiger partial charge < -0.3 is 10.6 Å². The second kappa shape index (κ2) is 5.07. The Morgan fingerprint density at radius 3 is 2.52 bits per heavy atom. The molecule has 1 aliphatic heterocycles. The van der Waals surface area contributed by atoms with Gasteiger partial charge in [0, 0.05) is 25.2 Å². The number of hydrogen-bond acceptors (Lipinski definition) is 3. The van der Waals surface area contributed by atoms with E-state index in [-0.39, 0.29) is 6.04 Å². The number of anilines is 1. The number of rotatable bonds is 2. The molecule has 1 fully saturated rings. The highest BCUT2D eigenvalue weighted by Gasteiger charge is 2.30. The molecule has 1 saturated heterocycles. The van der Waals surface area contributed by atoms with Gasteiger partial charge in [-0.05, 0) is 24.1 Å². The average molecular weight is 296 g/mol. The smallest absolute Gasteiger partial charge is 0.354 e. The molecule has 2 heterocycles. The zero-order chi connectivity index (χ0) is 15.0. The van der Waals surface area contributed by atoms with E-state index < -0.39 is 11.7 Å². The monoisotopic (exact) mass is 296 g/mol. The van der Waals surface area contributed by atoms with Gasteiger partial charge in [0.2, 0.25) is 0 Å². The predicted molar refractivity (Wildman–Crippen MR) is 73.8 cm³/mol. The first-order valence-corrected chi connectivity index (χ1v) is 6.67. The van der Waals surface area contributed by atoms with Crippen LogP contribution in [0.2, 0.25) is 0 Å². The van der Waals surface area contributed by atoms with E-state index in [2.05, 4.69) is 15.1 Å². The minimum Gasteiger partial charge on any atom is -0.354 e. The van der Waals surface area contributed by atoms with Crippen molar-refractivity contribution in [1.29, 1.82) is 0 Å². The molecule has 0 bridgehead atoms. The predicted octanol–water partition coefficient (Wildman–Crippen LogP) is 2.63. The lowest BCUT2D eigenvalue weighted by Gasteiger charge is -2.13. The van der Waals surface area contributed by atoms with Crippen LogP contribution in [0.1, 0.15) is 12.0 Å². The number of nitrogens with zero attached hydrogens (tertiary/aromatic N) is 2. The van der Waals surface area contributed by atoms with Crippen LogP contribution < -0.4 is 10.6 Å². The van der Waals surface area contributed by atoms with Crippen LogP contribution in [0.3, 0.4) is 0 Å². The molecule has 0 amide bonds. The fourth-order valence-electron chi connectivity index (χ4n) is 2.46. The molecular formula is C14H15F3N4. The summed E-state index contributed by atoms with van der Waals surface area (Å²) < 4.78 is 37.6. The Balaban J connectivity index is 1.80. The molecule has 0 aliphatic carbocycles. The van der Waals surface area contributed by atoms with Crippen LogP contribution in [0, 0.1) is 0 Å². The van der Waals surface area contributed by atoms with Gasteiger partial charge in [0.1, 0.15) is 0 Å². The molecule has 7 heteroatoms. The highest BCUT2D eigenvalue weighted by atomic mass is 19.4. The first-order chi connectivity index (χ1) is 9.93. The molecule has 4 nitrogen and oxygen atoms in total. The lowest BCUT2D eigenvalue weighted by molar-refractivity contribution is -0.137. The largest absolute Gasteiger partial charge is 0.416 e. The number of aromatic amines is 1. The van der Waals surface area contributed by atoms with Crippen molar-refractivity contribution in [2.75, 3.05) is 18.0 Å². The van der Waals surface area contributed by atoms with Crippen molar-refractivity contribution >= 4 is 5.82 Å². The van der Waals surface area contributed by atoms with Crippen molar-refractivity contribution in [1.82, 2.24) is 10.2 Å². The van der Waals surface area contributed by atoms with Gasteiger partial charge >= 0.3 is 6.18 Å². The Labute approximate surface area is 119 Å². The van der Waals surface area contributed by atoms with Gasteiger partial charge in [-0.2, -0.15) is 18.3 Å². The Kier molecular flexibility index (Phi) is 3.36. The number of hydrogen-bond donors (Lipinski definition) is 2. The van der Waals surface area contributed by atoms with Gasteiger partial charge in [-0.1, -0.05) is 12.1 Å². The van der Waals surface area contributed by atoms with E-state index in [1.165, 1.54) is 12.1 Å². The second-order valence-electron chi connectivity index (χ2n) is 5.21. The SMILES string of the molecule is NC1CCN(c2cc(-c3ccc(C(F)(F)F)cc3)[nH]n2)C1. The normalized spacial score (nSPS) is 19.2. The van der Waals surface area contributed by atoms with Crippen molar-refractivity contribution in [3.8, 4) is 11.3 Å². The molecule has 3 N–H and O–H groups in total. The molecule has 1 aromatic heterocycles. The van der Waals surface area contributed by atoms with E-state index in [1.807, 2.05) is 6.07 Å². The summed E-state index contributed by atoms with van der Waals surface area (Å²) in [5, 5.41) is 7.06. The number of nitrogens with two attached hydrogens (primary N) is 1. The third-order valence-electron chi connectivity index (χ3n) is 3.64. The van der Waals surface area contributed by atoms with Crippen molar-refractivity contribution in [3.05, 3.63) is 35.9 Å². The standard InChI is InChI=1S/C14H15F3N4/c15-14(16,17)10-3-1-9(2-4-10)12-7-13(20-19-12)21-6-5-11(18)8-21/h1-4,7,11H,5-6,8,18H2,(H,19,20). The van der Waals surface area contributed by atoms with Crippen molar-refractivity contribution in [2.24, 2.45) is 5.73 Å². The topological polar surface area (TPSA) is 57.9 Å². The molecular weight excluding hydrogens is 281 g/mol. The Morgan fingerprint density at radius 1 is 1.24 bits per heavy atom. The fourth-order valence-corrected chi connectivity index (χ4v) is 2.46. The summed E-state index contributed by atoms with van der Waals surface area (Å²) in [6.07, 6.45) is -3.40. The third-order valence-corrected chi connectivity index (χ3v) is 3.64. The molecule has 0 saturated carbocycles. The summed E-state index contributed by atoms with van der Waals surface area (Å²) in [6.45, 7) is 1.59. The van der Waals surface area contributed by atoms with E-state index >= 15 is 0 Å². The van der Waals surface area contributed by atoms with Crippen LogP contribution in [0.15, 0.2) is 30.3 Å². The average Bonchev–Trinajstić information content (AvgIpc) is 3.06. The number of alkyl halides is 3. The van der Waals surface area contributed by atoms with E-state index in [4.69, 9.17) is 5.73 Å². The molecule has 1 atom stereocenters. The summed E-state index contributed by atoms with van der Waals surface area (Å²) in [6, 6.07) is 7.01. The molecule has 0 radical (unpaired) electrons. The zero-order valence-electron chi connectivity index (χ0n) is 11.2. The summed E-state index contributed by atoms with van der Waals surface area (Å²) >= 11 is 0. The van der Waals surface area contributed by atoms with Gasteiger partial charge in [0.05, 0.1) is 11.3 Å². The molecule has 21 heavy (non-hydrogen) atoms. The van der Waals surface area contributed by atoms with E-state index in [0.717, 1.165) is 37.5 Å². The van der Waals surface area contributed by atoms with E-state index in [0.29, 0.717) is 11.3 Å². The number of H-pyrrole nitrogens is 1. The Bertz CT molecular complexity index is 618. The molecule has 2 aromatic rings. The molecule has 0 spiro atoms. The number of halogens is 3. The van der Waals surface area contributed by atoms with Gasteiger partial charge in [0.25, 0.3) is 0 Å². The summed E-state index contributed by atoms with van der Waals surface area (Å²) in [4.78, 5) is 2.06. The van der Waals surface area contributed by atoms with Gasteiger partial charge in [0.15, 0.2) is 5.82 Å². The van der Waals surface area contributed by atoms with Crippen molar-refractivity contribution in [2.45, 2.75) is 18.6 Å². The van der Waals surface area contributed by atoms with Crippen LogP contribution in [0.4, 0.5) is 19.0 Å². The Hall–Kier alpha value is -2.02. The Morgan fingerprint density at radius 2 is 1.95 bits per heavy atom. The maximum Gasteiger partial charge on any atom is 0.416 e. The minimum absolute atomic E-state index is 0.149. The first kappa shape index (κ1) is 13.9. The second-order valence-corrected chi connectivity index (χ2v) is 5.21. The fraction of sp³-hybridized carbons (Fsp3) is 0.357. The van der Waals surface area contributed by atoms with Gasteiger partial charge in [-0.3, -0.25) is 5.10 Å². The number of benzene rings is 1. The number of aromatic nitrogens is 2. The lowest BCUT2D eigenvalue weighted by atomic mass is 10.1. The van der Waals surface area contributed by atoms with Gasteiger partial charge in [-0.25, -0.2) is 0 Å². The minimum atomic E-state index is -4.32. The molecule has 1 unspecified atom stereocenters. The highest BCUT2D eigenvalue weighted by molar-refractivity contribution is 5.63. The van der Waals surface area contributed by atoms with Crippen LogP contribution in [-0.4, -0.2) is 29.3 Å². The lowest BCUT2D eigenvalue weighted by Crippen LogP contribution is -2.26. The molecule has 112 valence electrons. The van der Waals surface area contributed by atoms with Gasteiger partial charge in [-0.15, -0.1) is 0 Å². The molecule has 3 rings (SSSR count). The summed E-state index contributed by atoms with van der Waals surface area (Å²) in [7, 11) is 0. The quantitative estimate of drug-likeness (QED) is 0.895. The van der Waals surface area contributed by atoms with Crippen LogP contribution in [0.5, 0.6) is 0 Å². The van der Waals surface area contributed by atoms with E-state index in [9.17, 15) is 13.2 Å². The van der Waals surface area contributed by atoms with Crippen LogP contribution in [-0.2, 0) is 6.18 Å². The van der Waals surface area contributed by atoms with Crippen molar-refractivity contribution in [3.63, 3.8) is 0 Å². The number of nitrogens with one attached hydrogen (secondary N) is 1. The highest BCUT2D eigenvalue weighted by Crippen LogP contribution is 2.31. The van der Waals surface area contributed by atoms with Crippen LogP contribution >= 0.6 is 0 Å². The molecule has 1 aromatic carbocycles. The molecule has 1 aliphatic rings. The first-order valence-electron chi connectivity index (χ1n) is 6.67. The summed E-state index contributed by atoms with van der Waals surface area (Å²) in [5.74, 6) is 0.776. The maximum atomic E-state index is 12.5. The summed E-state index contributed by atoms with van der Waals surface area (Å²) in [5.41, 5.74) is 6.56. The van der Waals surface area contributed by atoms with Crippen molar-refractivity contribution < 1.29 is 13.2 Å². The van der Waals surface area contributed by atoms with Crippen LogP contribution in [0.25, 0.3) is 11.3 Å². The van der Waals surface area contributed by atoms with E-state index in [1.54, 1.807) is 0 Å².